The summed E-state index contributed by atoms with van der Waals surface area (Å²) in [7, 11) is -3.74. The number of rotatable bonds is 5. The van der Waals surface area contributed by atoms with Gasteiger partial charge >= 0.3 is 0 Å². The van der Waals surface area contributed by atoms with Gasteiger partial charge < -0.3 is 0 Å². The molecule has 0 bridgehead atoms. The summed E-state index contributed by atoms with van der Waals surface area (Å²) in [5, 5.41) is 0. The summed E-state index contributed by atoms with van der Waals surface area (Å²) in [5.74, 6) is -0.433. The van der Waals surface area contributed by atoms with Crippen LogP contribution in [0.5, 0.6) is 0 Å². The summed E-state index contributed by atoms with van der Waals surface area (Å²) in [6.07, 6.45) is 0.523. The van der Waals surface area contributed by atoms with Crippen molar-refractivity contribution in [2.75, 3.05) is 0 Å². The minimum atomic E-state index is -3.74. The van der Waals surface area contributed by atoms with Crippen molar-refractivity contribution in [2.45, 2.75) is 29.6 Å². The minimum Gasteiger partial charge on any atom is -0.276 e. The first kappa shape index (κ1) is 17.1. The Bertz CT molecular complexity index is 820. The third-order valence-corrected chi connectivity index (χ3v) is 6.45. The van der Waals surface area contributed by atoms with Gasteiger partial charge in [0.1, 0.15) is 10.3 Å². The summed E-state index contributed by atoms with van der Waals surface area (Å²) in [5.41, 5.74) is 9.28. The first-order chi connectivity index (χ1) is 11.5. The SMILES string of the molecule is Cc1ccc(S(=O)(=O)NNC(=O)C2CC(c3ccccc3)NN2)s1. The molecule has 0 aliphatic carbocycles. The van der Waals surface area contributed by atoms with Gasteiger partial charge in [-0.3, -0.25) is 10.2 Å². The molecule has 1 amide bonds. The van der Waals surface area contributed by atoms with E-state index in [1.165, 1.54) is 6.07 Å². The molecule has 0 saturated carbocycles. The predicted octanol–water partition coefficient (Wildman–Crippen LogP) is 0.974. The third-order valence-electron chi connectivity index (χ3n) is 3.71. The van der Waals surface area contributed by atoms with Crippen LogP contribution in [-0.4, -0.2) is 20.4 Å². The smallest absolute Gasteiger partial charge is 0.266 e. The number of hydrogen-bond acceptors (Lipinski definition) is 6. The number of carbonyl (C=O) groups is 1. The number of amides is 1. The maximum Gasteiger partial charge on any atom is 0.266 e. The molecule has 0 spiro atoms. The summed E-state index contributed by atoms with van der Waals surface area (Å²) in [6.45, 7) is 1.82. The predicted molar refractivity (Wildman–Crippen MR) is 91.4 cm³/mol. The Balaban J connectivity index is 1.56. The van der Waals surface area contributed by atoms with Gasteiger partial charge in [-0.1, -0.05) is 30.3 Å². The number of sulfonamides is 1. The van der Waals surface area contributed by atoms with Crippen molar-refractivity contribution in [3.8, 4) is 0 Å². The van der Waals surface area contributed by atoms with Gasteiger partial charge in [-0.15, -0.1) is 16.2 Å². The molecule has 24 heavy (non-hydrogen) atoms. The minimum absolute atomic E-state index is 0.00139. The fourth-order valence-electron chi connectivity index (χ4n) is 2.44. The summed E-state index contributed by atoms with van der Waals surface area (Å²) in [6, 6.07) is 12.4. The molecule has 1 aliphatic rings. The standard InChI is InChI=1S/C15H18N4O3S2/c1-10-7-8-14(23-10)24(21,22)19-18-15(20)13-9-12(16-17-13)11-5-3-2-4-6-11/h2-8,12-13,16-17,19H,9H2,1H3,(H,18,20). The molecule has 2 atom stereocenters. The van der Waals surface area contributed by atoms with Gasteiger partial charge in [0.05, 0.1) is 0 Å². The molecule has 9 heteroatoms. The fourth-order valence-corrected chi connectivity index (χ4v) is 4.57. The number of carbonyl (C=O) groups excluding carboxylic acids is 1. The van der Waals surface area contributed by atoms with Crippen molar-refractivity contribution in [2.24, 2.45) is 0 Å². The van der Waals surface area contributed by atoms with Crippen LogP contribution in [0, 0.1) is 6.92 Å². The second-order valence-corrected chi connectivity index (χ2v) is 8.70. The molecule has 7 nitrogen and oxygen atoms in total. The maximum absolute atomic E-state index is 12.2. The average molecular weight is 366 g/mol. The van der Waals surface area contributed by atoms with Crippen molar-refractivity contribution < 1.29 is 13.2 Å². The van der Waals surface area contributed by atoms with Crippen LogP contribution in [0.1, 0.15) is 22.9 Å². The zero-order valence-electron chi connectivity index (χ0n) is 12.9. The first-order valence-corrected chi connectivity index (χ1v) is 9.70. The number of aryl methyl sites for hydroxylation is 1. The second-order valence-electron chi connectivity index (χ2n) is 5.50. The molecule has 1 aromatic carbocycles. The zero-order valence-corrected chi connectivity index (χ0v) is 14.6. The largest absolute Gasteiger partial charge is 0.276 e. The highest BCUT2D eigenvalue weighted by molar-refractivity contribution is 7.91. The summed E-state index contributed by atoms with van der Waals surface area (Å²) in [4.78, 5) is 15.2. The Labute approximate surface area is 144 Å². The Morgan fingerprint density at radius 1 is 1.17 bits per heavy atom. The van der Waals surface area contributed by atoms with E-state index in [2.05, 4.69) is 21.1 Å². The first-order valence-electron chi connectivity index (χ1n) is 7.40. The lowest BCUT2D eigenvalue weighted by Gasteiger charge is -2.11. The van der Waals surface area contributed by atoms with Crippen LogP contribution < -0.4 is 21.1 Å². The number of hydrogen-bond donors (Lipinski definition) is 4. The van der Waals surface area contributed by atoms with Crippen molar-refractivity contribution in [1.82, 2.24) is 21.1 Å². The average Bonchev–Trinajstić information content (AvgIpc) is 3.23. The molecule has 1 aromatic heterocycles. The van der Waals surface area contributed by atoms with Crippen LogP contribution in [0.3, 0.4) is 0 Å². The van der Waals surface area contributed by atoms with Crippen molar-refractivity contribution in [3.63, 3.8) is 0 Å². The molecule has 2 heterocycles. The van der Waals surface area contributed by atoms with E-state index in [-0.39, 0.29) is 10.3 Å². The van der Waals surface area contributed by atoms with Crippen LogP contribution in [-0.2, 0) is 14.8 Å². The van der Waals surface area contributed by atoms with Crippen molar-refractivity contribution in [1.29, 1.82) is 0 Å². The molecule has 2 aromatic rings. The summed E-state index contributed by atoms with van der Waals surface area (Å²) < 4.78 is 24.4. The molecule has 1 saturated heterocycles. The van der Waals surface area contributed by atoms with Gasteiger partial charge in [-0.25, -0.2) is 19.3 Å². The van der Waals surface area contributed by atoms with Crippen LogP contribution in [0.15, 0.2) is 46.7 Å². The van der Waals surface area contributed by atoms with Crippen LogP contribution in [0.25, 0.3) is 0 Å². The number of hydrazine groups is 2. The maximum atomic E-state index is 12.2. The topological polar surface area (TPSA) is 99.3 Å². The van der Waals surface area contributed by atoms with E-state index in [1.807, 2.05) is 37.3 Å². The van der Waals surface area contributed by atoms with Gasteiger partial charge in [0.15, 0.2) is 0 Å². The quantitative estimate of drug-likeness (QED) is 0.591. The van der Waals surface area contributed by atoms with Gasteiger partial charge in [0.25, 0.3) is 15.9 Å². The molecule has 1 aliphatic heterocycles. The van der Waals surface area contributed by atoms with E-state index in [4.69, 9.17) is 0 Å². The van der Waals surface area contributed by atoms with Crippen LogP contribution in [0.4, 0.5) is 0 Å². The third kappa shape index (κ3) is 3.82. The van der Waals surface area contributed by atoms with Crippen molar-refractivity contribution >= 4 is 27.3 Å². The van der Waals surface area contributed by atoms with Gasteiger partial charge in [0.2, 0.25) is 0 Å². The Morgan fingerprint density at radius 2 is 1.92 bits per heavy atom. The number of benzene rings is 1. The molecular formula is C15H18N4O3S2. The molecule has 4 N–H and O–H groups in total. The second kappa shape index (κ2) is 6.99. The molecule has 3 rings (SSSR count). The Kier molecular flexibility index (Phi) is 4.97. The van der Waals surface area contributed by atoms with Gasteiger partial charge in [-0.05, 0) is 31.0 Å². The van der Waals surface area contributed by atoms with E-state index in [1.54, 1.807) is 6.07 Å². The van der Waals surface area contributed by atoms with Crippen LogP contribution >= 0.6 is 11.3 Å². The highest BCUT2D eigenvalue weighted by Crippen LogP contribution is 2.22. The summed E-state index contributed by atoms with van der Waals surface area (Å²) >= 11 is 1.15. The molecule has 1 fully saturated rings. The lowest BCUT2D eigenvalue weighted by molar-refractivity contribution is -0.123. The molecular weight excluding hydrogens is 348 g/mol. The van der Waals surface area contributed by atoms with Crippen LogP contribution in [0.2, 0.25) is 0 Å². The van der Waals surface area contributed by atoms with Gasteiger partial charge in [-0.2, -0.15) is 0 Å². The molecule has 128 valence electrons. The lowest BCUT2D eigenvalue weighted by Crippen LogP contribution is -2.50. The normalized spacial score (nSPS) is 20.9. The van der Waals surface area contributed by atoms with Crippen molar-refractivity contribution in [3.05, 3.63) is 52.9 Å². The van der Waals surface area contributed by atoms with E-state index < -0.39 is 22.0 Å². The molecule has 2 unspecified atom stereocenters. The van der Waals surface area contributed by atoms with Gasteiger partial charge in [0, 0.05) is 10.9 Å². The van der Waals surface area contributed by atoms with E-state index in [9.17, 15) is 13.2 Å². The highest BCUT2D eigenvalue weighted by Gasteiger charge is 2.30. The highest BCUT2D eigenvalue weighted by atomic mass is 32.2. The number of nitrogens with one attached hydrogen (secondary N) is 4. The Morgan fingerprint density at radius 3 is 2.58 bits per heavy atom. The van der Waals surface area contributed by atoms with E-state index in [0.717, 1.165) is 21.8 Å². The lowest BCUT2D eigenvalue weighted by atomic mass is 10.0. The Hall–Kier alpha value is -1.78. The fraction of sp³-hybridized carbons (Fsp3) is 0.267. The molecule has 0 radical (unpaired) electrons. The zero-order chi connectivity index (χ0) is 17.2. The number of thiophene rings is 1. The van der Waals surface area contributed by atoms with E-state index in [0.29, 0.717) is 6.42 Å². The monoisotopic (exact) mass is 366 g/mol. The van der Waals surface area contributed by atoms with E-state index >= 15 is 0 Å².